The van der Waals surface area contributed by atoms with Crippen LogP contribution in [0.3, 0.4) is 0 Å². The first-order chi connectivity index (χ1) is 19.2. The maximum absolute atomic E-state index is 13.6. The van der Waals surface area contributed by atoms with E-state index in [1.165, 1.54) is 29.2 Å². The van der Waals surface area contributed by atoms with Gasteiger partial charge in [-0.2, -0.15) is 0 Å². The van der Waals surface area contributed by atoms with Crippen molar-refractivity contribution in [3.8, 4) is 0 Å². The normalized spacial score (nSPS) is 18.1. The third-order valence-corrected chi connectivity index (χ3v) is 7.73. The molecule has 2 heterocycles. The molecule has 0 saturated carbocycles. The van der Waals surface area contributed by atoms with E-state index < -0.39 is 25.0 Å². The number of nitrogens with two attached hydrogens (primary N) is 1. The highest BCUT2D eigenvalue weighted by Crippen LogP contribution is 2.35. The number of benzene rings is 3. The van der Waals surface area contributed by atoms with Crippen molar-refractivity contribution in [2.45, 2.75) is 31.0 Å². The fraction of sp³-hybridized carbons (Fsp3) is 0.310. The van der Waals surface area contributed by atoms with Crippen LogP contribution in [0.1, 0.15) is 40.7 Å². The fourth-order valence-corrected chi connectivity index (χ4v) is 5.70. The number of hydrogen-bond donors (Lipinski definition) is 3. The monoisotopic (exact) mass is 548 g/mol. The smallest absolute Gasteiger partial charge is 0.426 e. The maximum Gasteiger partial charge on any atom is 0.480 e. The predicted molar refractivity (Wildman–Crippen MR) is 145 cm³/mol. The van der Waals surface area contributed by atoms with Crippen LogP contribution in [-0.4, -0.2) is 75.9 Å². The van der Waals surface area contributed by atoms with Gasteiger partial charge in [0.05, 0.1) is 24.4 Å². The highest BCUT2D eigenvalue weighted by Gasteiger charge is 2.42. The standard InChI is InChI=1S/C29H31BF2N4O4/c31-22-9-5-19(6-10-22)27(20-7-11-23(32)12-8-20)35-15-13-34(14-16-35)26(37)17-25(33)29(38)36-18-21-3-1-2-4-24(21)28(36)30(39)40/h1-12,25,27-28,39-40H,13-18,33H2/t25-,28-/m0/s1. The molecular formula is C29H31BF2N4O4. The first-order valence-electron chi connectivity index (χ1n) is 13.3. The highest BCUT2D eigenvalue weighted by atomic mass is 19.1. The topological polar surface area (TPSA) is 110 Å². The van der Waals surface area contributed by atoms with Gasteiger partial charge in [0.25, 0.3) is 0 Å². The molecule has 4 N–H and O–H groups in total. The van der Waals surface area contributed by atoms with Gasteiger partial charge < -0.3 is 25.6 Å². The summed E-state index contributed by atoms with van der Waals surface area (Å²) in [6, 6.07) is 18.2. The minimum absolute atomic E-state index is 0.187. The van der Waals surface area contributed by atoms with Crippen molar-refractivity contribution >= 4 is 18.9 Å². The van der Waals surface area contributed by atoms with Crippen LogP contribution in [0.15, 0.2) is 72.8 Å². The SMILES string of the molecule is N[C@@H](CC(=O)N1CCN(C(c2ccc(F)cc2)c2ccc(F)cc2)CC1)C(=O)N1Cc2ccccc2[C@H]1B(O)O. The zero-order valence-corrected chi connectivity index (χ0v) is 21.9. The first kappa shape index (κ1) is 27.9. The molecule has 0 spiro atoms. The Bertz CT molecular complexity index is 1310. The Morgan fingerprint density at radius 1 is 0.875 bits per heavy atom. The molecular weight excluding hydrogens is 517 g/mol. The van der Waals surface area contributed by atoms with Crippen molar-refractivity contribution in [1.82, 2.24) is 14.7 Å². The number of amides is 2. The van der Waals surface area contributed by atoms with Gasteiger partial charge in [-0.25, -0.2) is 8.78 Å². The average molecular weight is 548 g/mol. The zero-order valence-electron chi connectivity index (χ0n) is 21.9. The molecule has 8 nitrogen and oxygen atoms in total. The van der Waals surface area contributed by atoms with Crippen LogP contribution >= 0.6 is 0 Å². The van der Waals surface area contributed by atoms with Crippen LogP contribution in [-0.2, 0) is 16.1 Å². The van der Waals surface area contributed by atoms with Gasteiger partial charge in [0.1, 0.15) is 11.6 Å². The van der Waals surface area contributed by atoms with Gasteiger partial charge in [0, 0.05) is 32.7 Å². The molecule has 0 bridgehead atoms. The summed E-state index contributed by atoms with van der Waals surface area (Å²) in [5.74, 6) is -2.42. The van der Waals surface area contributed by atoms with Crippen molar-refractivity contribution in [1.29, 1.82) is 0 Å². The summed E-state index contributed by atoms with van der Waals surface area (Å²) in [6.45, 7) is 1.99. The Morgan fingerprint density at radius 2 is 1.43 bits per heavy atom. The van der Waals surface area contributed by atoms with E-state index in [2.05, 4.69) is 4.90 Å². The molecule has 2 amide bonds. The lowest BCUT2D eigenvalue weighted by Gasteiger charge is -2.40. The largest absolute Gasteiger partial charge is 0.480 e. The number of carbonyl (C=O) groups is 2. The van der Waals surface area contributed by atoms with Gasteiger partial charge >= 0.3 is 7.12 Å². The highest BCUT2D eigenvalue weighted by molar-refractivity contribution is 6.43. The van der Waals surface area contributed by atoms with Gasteiger partial charge in [0.15, 0.2) is 0 Å². The molecule has 1 saturated heterocycles. The molecule has 5 rings (SSSR count). The lowest BCUT2D eigenvalue weighted by molar-refractivity contribution is -0.140. The summed E-state index contributed by atoms with van der Waals surface area (Å²) in [5, 5.41) is 19.9. The summed E-state index contributed by atoms with van der Waals surface area (Å²) < 4.78 is 27.2. The van der Waals surface area contributed by atoms with Gasteiger partial charge in [0.2, 0.25) is 11.8 Å². The summed E-state index contributed by atoms with van der Waals surface area (Å²) >= 11 is 0. The van der Waals surface area contributed by atoms with Crippen molar-refractivity contribution in [3.63, 3.8) is 0 Å². The minimum Gasteiger partial charge on any atom is -0.426 e. The summed E-state index contributed by atoms with van der Waals surface area (Å²) in [5.41, 5.74) is 9.35. The molecule has 0 aliphatic carbocycles. The molecule has 208 valence electrons. The van der Waals surface area contributed by atoms with E-state index in [4.69, 9.17) is 5.73 Å². The van der Waals surface area contributed by atoms with E-state index in [1.54, 1.807) is 41.3 Å². The van der Waals surface area contributed by atoms with Gasteiger partial charge in [-0.15, -0.1) is 0 Å². The Morgan fingerprint density at radius 3 is 1.98 bits per heavy atom. The average Bonchev–Trinajstić information content (AvgIpc) is 3.35. The van der Waals surface area contributed by atoms with Crippen LogP contribution < -0.4 is 5.73 Å². The van der Waals surface area contributed by atoms with E-state index in [0.717, 1.165) is 16.7 Å². The molecule has 0 aromatic heterocycles. The number of rotatable bonds is 7. The number of hydrogen-bond acceptors (Lipinski definition) is 6. The van der Waals surface area contributed by atoms with Crippen LogP contribution in [0.2, 0.25) is 0 Å². The van der Waals surface area contributed by atoms with Crippen molar-refractivity contribution < 1.29 is 28.4 Å². The number of carbonyl (C=O) groups excluding carboxylic acids is 2. The molecule has 1 fully saturated rings. The second kappa shape index (κ2) is 11.9. The van der Waals surface area contributed by atoms with E-state index in [1.807, 2.05) is 12.1 Å². The third kappa shape index (κ3) is 5.78. The molecule has 0 radical (unpaired) electrons. The zero-order chi connectivity index (χ0) is 28.4. The second-order valence-electron chi connectivity index (χ2n) is 10.3. The Hall–Kier alpha value is -3.64. The predicted octanol–water partition coefficient (Wildman–Crippen LogP) is 2.01. The van der Waals surface area contributed by atoms with Crippen LogP contribution in [0.4, 0.5) is 8.78 Å². The molecule has 40 heavy (non-hydrogen) atoms. The molecule has 3 aromatic carbocycles. The van der Waals surface area contributed by atoms with Crippen LogP contribution in [0.5, 0.6) is 0 Å². The quantitative estimate of drug-likeness (QED) is 0.390. The van der Waals surface area contributed by atoms with E-state index >= 15 is 0 Å². The van der Waals surface area contributed by atoms with E-state index in [9.17, 15) is 28.4 Å². The van der Waals surface area contributed by atoms with Crippen LogP contribution in [0.25, 0.3) is 0 Å². The summed E-state index contributed by atoms with van der Waals surface area (Å²) in [4.78, 5) is 31.5. The number of fused-ring (bicyclic) bond motifs is 1. The second-order valence-corrected chi connectivity index (χ2v) is 10.3. The van der Waals surface area contributed by atoms with Crippen molar-refractivity contribution in [2.24, 2.45) is 5.73 Å². The fourth-order valence-electron chi connectivity index (χ4n) is 5.70. The number of piperazine rings is 1. The minimum atomic E-state index is -1.78. The van der Waals surface area contributed by atoms with E-state index in [-0.39, 0.29) is 36.5 Å². The van der Waals surface area contributed by atoms with Crippen molar-refractivity contribution in [3.05, 3.63) is 107 Å². The summed E-state index contributed by atoms with van der Waals surface area (Å²) in [6.07, 6.45) is -0.209. The number of nitrogens with zero attached hydrogens (tertiary/aromatic N) is 3. The van der Waals surface area contributed by atoms with Gasteiger partial charge in [-0.3, -0.25) is 14.5 Å². The maximum atomic E-state index is 13.6. The Labute approximate surface area is 231 Å². The van der Waals surface area contributed by atoms with Gasteiger partial charge in [-0.1, -0.05) is 48.5 Å². The molecule has 0 unspecified atom stereocenters. The Kier molecular flexibility index (Phi) is 8.27. The van der Waals surface area contributed by atoms with Crippen molar-refractivity contribution in [2.75, 3.05) is 26.2 Å². The molecule has 2 aliphatic rings. The summed E-state index contributed by atoms with van der Waals surface area (Å²) in [7, 11) is -1.78. The molecule has 2 aliphatic heterocycles. The molecule has 3 aromatic rings. The first-order valence-corrected chi connectivity index (χ1v) is 13.3. The lowest BCUT2D eigenvalue weighted by atomic mass is 9.75. The van der Waals surface area contributed by atoms with E-state index in [0.29, 0.717) is 31.7 Å². The lowest BCUT2D eigenvalue weighted by Crippen LogP contribution is -2.52. The Balaban J connectivity index is 1.22. The van der Waals surface area contributed by atoms with Gasteiger partial charge in [-0.05, 0) is 46.5 Å². The third-order valence-electron chi connectivity index (χ3n) is 7.73. The molecule has 2 atom stereocenters. The number of halogens is 2. The molecule has 11 heteroatoms. The van der Waals surface area contributed by atoms with Crippen LogP contribution in [0, 0.1) is 11.6 Å².